The smallest absolute Gasteiger partial charge is 0.287 e. The molecule has 5 rings (SSSR count). The number of amides is 1. The van der Waals surface area contributed by atoms with E-state index < -0.39 is 5.54 Å². The van der Waals surface area contributed by atoms with E-state index in [1.807, 2.05) is 115 Å². The van der Waals surface area contributed by atoms with Crippen LogP contribution >= 0.6 is 0 Å². The van der Waals surface area contributed by atoms with Crippen molar-refractivity contribution in [3.63, 3.8) is 0 Å². The number of rotatable bonds is 8. The van der Waals surface area contributed by atoms with Crippen LogP contribution in [0, 0.1) is 0 Å². The van der Waals surface area contributed by atoms with E-state index in [4.69, 9.17) is 4.74 Å². The van der Waals surface area contributed by atoms with E-state index in [9.17, 15) is 4.79 Å². The minimum atomic E-state index is -0.603. The predicted molar refractivity (Wildman–Crippen MR) is 142 cm³/mol. The summed E-state index contributed by atoms with van der Waals surface area (Å²) >= 11 is 0. The van der Waals surface area contributed by atoms with E-state index in [0.29, 0.717) is 18.7 Å². The molecule has 6 nitrogen and oxygen atoms in total. The first-order valence-corrected chi connectivity index (χ1v) is 11.8. The molecule has 36 heavy (non-hydrogen) atoms. The number of ether oxygens (including phenoxy) is 1. The van der Waals surface area contributed by atoms with Gasteiger partial charge in [0.1, 0.15) is 23.6 Å². The number of benzene rings is 4. The van der Waals surface area contributed by atoms with E-state index in [-0.39, 0.29) is 5.91 Å². The number of carbonyl (C=O) groups excluding carboxylic acids is 1. The molecule has 2 N–H and O–H groups in total. The van der Waals surface area contributed by atoms with E-state index in [1.54, 1.807) is 6.21 Å². The lowest BCUT2D eigenvalue weighted by Crippen LogP contribution is -2.38. The van der Waals surface area contributed by atoms with Crippen LogP contribution in [0.1, 0.15) is 28.7 Å². The standard InChI is InChI=1S/C30H26N4O2/c35-29(33-31-21-23-16-18-27(19-17-23)36-22-24-10-4-1-5-11-24)28-20-30(34-32-28,25-12-6-2-7-13-25)26-14-8-3-9-15-26/h1-19,21,34H,20,22H2,(H,33,35)/b31-21-. The Morgan fingerprint density at radius 2 is 1.44 bits per heavy atom. The second-order valence-corrected chi connectivity index (χ2v) is 8.53. The maximum atomic E-state index is 12.8. The van der Waals surface area contributed by atoms with Gasteiger partial charge < -0.3 is 4.74 Å². The second kappa shape index (κ2) is 10.7. The summed E-state index contributed by atoms with van der Waals surface area (Å²) in [7, 11) is 0. The molecule has 4 aromatic carbocycles. The van der Waals surface area contributed by atoms with Crippen LogP contribution in [0.25, 0.3) is 0 Å². The summed E-state index contributed by atoms with van der Waals surface area (Å²) in [6.45, 7) is 0.508. The maximum absolute atomic E-state index is 12.8. The molecule has 0 radical (unpaired) electrons. The van der Waals surface area contributed by atoms with Gasteiger partial charge in [-0.3, -0.25) is 10.2 Å². The van der Waals surface area contributed by atoms with E-state index in [0.717, 1.165) is 28.0 Å². The lowest BCUT2D eigenvalue weighted by atomic mass is 9.80. The highest BCUT2D eigenvalue weighted by Gasteiger charge is 2.41. The zero-order chi connectivity index (χ0) is 24.6. The van der Waals surface area contributed by atoms with Crippen LogP contribution in [0.4, 0.5) is 0 Å². The molecule has 0 saturated carbocycles. The van der Waals surface area contributed by atoms with Gasteiger partial charge in [-0.15, -0.1) is 0 Å². The summed E-state index contributed by atoms with van der Waals surface area (Å²) < 4.78 is 5.81. The van der Waals surface area contributed by atoms with Crippen molar-refractivity contribution in [1.82, 2.24) is 10.9 Å². The Kier molecular flexibility index (Phi) is 6.85. The first kappa shape index (κ1) is 23.1. The Morgan fingerprint density at radius 1 is 0.861 bits per heavy atom. The van der Waals surface area contributed by atoms with Gasteiger partial charge in [0.2, 0.25) is 0 Å². The van der Waals surface area contributed by atoms with Crippen molar-refractivity contribution in [2.45, 2.75) is 18.6 Å². The van der Waals surface area contributed by atoms with Crippen LogP contribution < -0.4 is 15.6 Å². The molecule has 0 fully saturated rings. The fraction of sp³-hybridized carbons (Fsp3) is 0.100. The predicted octanol–water partition coefficient (Wildman–Crippen LogP) is 5.01. The number of nitrogens with zero attached hydrogens (tertiary/aromatic N) is 2. The molecular weight excluding hydrogens is 448 g/mol. The molecular formula is C30H26N4O2. The highest BCUT2D eigenvalue weighted by atomic mass is 16.5. The van der Waals surface area contributed by atoms with Crippen molar-refractivity contribution in [1.29, 1.82) is 0 Å². The largest absolute Gasteiger partial charge is 0.489 e. The van der Waals surface area contributed by atoms with Gasteiger partial charge >= 0.3 is 0 Å². The molecule has 0 atom stereocenters. The Balaban J connectivity index is 1.20. The molecule has 1 aliphatic heterocycles. The number of hydrogen-bond donors (Lipinski definition) is 2. The number of nitrogens with one attached hydrogen (secondary N) is 2. The molecule has 178 valence electrons. The fourth-order valence-electron chi connectivity index (χ4n) is 4.19. The third-order valence-electron chi connectivity index (χ3n) is 6.12. The molecule has 0 aliphatic carbocycles. The Morgan fingerprint density at radius 3 is 2.06 bits per heavy atom. The minimum Gasteiger partial charge on any atom is -0.489 e. The molecule has 6 heteroatoms. The van der Waals surface area contributed by atoms with E-state index in [1.165, 1.54) is 0 Å². The lowest BCUT2D eigenvalue weighted by Gasteiger charge is -2.30. The summed E-state index contributed by atoms with van der Waals surface area (Å²) in [6, 6.07) is 37.6. The zero-order valence-corrected chi connectivity index (χ0v) is 19.7. The average Bonchev–Trinajstić information content (AvgIpc) is 3.41. The summed E-state index contributed by atoms with van der Waals surface area (Å²) in [5.41, 5.74) is 9.67. The van der Waals surface area contributed by atoms with E-state index in [2.05, 4.69) is 21.1 Å². The van der Waals surface area contributed by atoms with Crippen molar-refractivity contribution in [2.24, 2.45) is 10.2 Å². The number of hydrogen-bond acceptors (Lipinski definition) is 5. The molecule has 1 amide bonds. The van der Waals surface area contributed by atoms with Crippen molar-refractivity contribution in [3.05, 3.63) is 138 Å². The quantitative estimate of drug-likeness (QED) is 0.279. The van der Waals surface area contributed by atoms with Gasteiger partial charge in [-0.05, 0) is 46.5 Å². The molecule has 0 saturated heterocycles. The molecule has 1 heterocycles. The zero-order valence-electron chi connectivity index (χ0n) is 19.7. The van der Waals surface area contributed by atoms with Crippen LogP contribution in [0.2, 0.25) is 0 Å². The summed E-state index contributed by atoms with van der Waals surface area (Å²) in [5, 5.41) is 8.52. The molecule has 1 aliphatic rings. The molecule has 0 aromatic heterocycles. The van der Waals surface area contributed by atoms with Crippen molar-refractivity contribution < 1.29 is 9.53 Å². The third kappa shape index (κ3) is 5.18. The van der Waals surface area contributed by atoms with Crippen LogP contribution in [-0.4, -0.2) is 17.8 Å². The maximum Gasteiger partial charge on any atom is 0.287 e. The lowest BCUT2D eigenvalue weighted by molar-refractivity contribution is -0.114. The van der Waals surface area contributed by atoms with Crippen LogP contribution in [0.3, 0.4) is 0 Å². The molecule has 0 spiro atoms. The average molecular weight is 475 g/mol. The summed E-state index contributed by atoms with van der Waals surface area (Å²) in [4.78, 5) is 12.8. The topological polar surface area (TPSA) is 75.1 Å². The Labute approximate surface area is 210 Å². The highest BCUT2D eigenvalue weighted by molar-refractivity contribution is 6.39. The fourth-order valence-corrected chi connectivity index (χ4v) is 4.19. The molecule has 0 bridgehead atoms. The van der Waals surface area contributed by atoms with Crippen molar-refractivity contribution in [2.75, 3.05) is 0 Å². The molecule has 4 aromatic rings. The summed E-state index contributed by atoms with van der Waals surface area (Å²) in [6.07, 6.45) is 2.01. The minimum absolute atomic E-state index is 0.338. The first-order valence-electron chi connectivity index (χ1n) is 11.8. The first-order chi connectivity index (χ1) is 17.7. The van der Waals surface area contributed by atoms with E-state index >= 15 is 0 Å². The Bertz CT molecular complexity index is 1310. The van der Waals surface area contributed by atoms with Gasteiger partial charge in [0.25, 0.3) is 5.91 Å². The SMILES string of the molecule is O=C(N/N=C\c1ccc(OCc2ccccc2)cc1)C1=NNC(c2ccccc2)(c2ccccc2)C1. The molecule has 0 unspecified atom stereocenters. The highest BCUT2D eigenvalue weighted by Crippen LogP contribution is 2.36. The van der Waals surface area contributed by atoms with Gasteiger partial charge in [0, 0.05) is 6.42 Å². The van der Waals surface area contributed by atoms with Crippen molar-refractivity contribution in [3.8, 4) is 5.75 Å². The number of hydrazone groups is 2. The number of carbonyl (C=O) groups is 1. The summed E-state index contributed by atoms with van der Waals surface area (Å²) in [5.74, 6) is 0.430. The monoisotopic (exact) mass is 474 g/mol. The van der Waals surface area contributed by atoms with Gasteiger partial charge in [0.05, 0.1) is 6.21 Å². The van der Waals surface area contributed by atoms with Gasteiger partial charge in [-0.1, -0.05) is 91.0 Å². The van der Waals surface area contributed by atoms with Gasteiger partial charge in [0.15, 0.2) is 0 Å². The third-order valence-corrected chi connectivity index (χ3v) is 6.12. The van der Waals surface area contributed by atoms with Crippen LogP contribution in [0.15, 0.2) is 125 Å². The normalized spacial score (nSPS) is 14.2. The Hall–Kier alpha value is -4.71. The van der Waals surface area contributed by atoms with Crippen LogP contribution in [0.5, 0.6) is 5.75 Å². The van der Waals surface area contributed by atoms with Gasteiger partial charge in [-0.2, -0.15) is 10.2 Å². The van der Waals surface area contributed by atoms with Gasteiger partial charge in [-0.25, -0.2) is 5.43 Å². The van der Waals surface area contributed by atoms with Crippen molar-refractivity contribution >= 4 is 17.8 Å². The van der Waals surface area contributed by atoms with Crippen LogP contribution in [-0.2, 0) is 16.9 Å². The second-order valence-electron chi connectivity index (χ2n) is 8.53.